The van der Waals surface area contributed by atoms with E-state index in [1.807, 2.05) is 0 Å². The molecule has 2 aliphatic heterocycles. The van der Waals surface area contributed by atoms with Crippen molar-refractivity contribution in [3.63, 3.8) is 0 Å². The van der Waals surface area contributed by atoms with E-state index in [0.29, 0.717) is 11.8 Å². The van der Waals surface area contributed by atoms with Crippen LogP contribution in [0.3, 0.4) is 0 Å². The Labute approximate surface area is 167 Å². The third-order valence-corrected chi connectivity index (χ3v) is 6.18. The Hall–Kier alpha value is -2.50. The number of nitrogens with one attached hydrogen (secondary N) is 2. The van der Waals surface area contributed by atoms with Crippen molar-refractivity contribution in [3.8, 4) is 0 Å². The molecule has 1 fully saturated rings. The van der Waals surface area contributed by atoms with E-state index in [-0.39, 0.29) is 17.7 Å². The largest absolute Gasteiger partial charge is 0.358 e. The zero-order chi connectivity index (χ0) is 20.1. The third kappa shape index (κ3) is 2.95. The van der Waals surface area contributed by atoms with Gasteiger partial charge >= 0.3 is 0 Å². The Kier molecular flexibility index (Phi) is 4.60. The number of aryl methyl sites for hydroxylation is 1. The van der Waals surface area contributed by atoms with Gasteiger partial charge in [-0.15, -0.1) is 0 Å². The highest BCUT2D eigenvalue weighted by Gasteiger charge is 2.48. The zero-order valence-corrected chi connectivity index (χ0v) is 17.5. The second kappa shape index (κ2) is 6.83. The smallest absolute Gasteiger partial charge is 0.271 e. The lowest BCUT2D eigenvalue weighted by molar-refractivity contribution is -0.114. The second-order valence-corrected chi connectivity index (χ2v) is 8.64. The van der Waals surface area contributed by atoms with Crippen molar-refractivity contribution in [1.82, 2.24) is 20.4 Å². The molecule has 6 nitrogen and oxygen atoms in total. The fourth-order valence-corrected chi connectivity index (χ4v) is 4.83. The quantitative estimate of drug-likeness (QED) is 0.845. The van der Waals surface area contributed by atoms with Crippen molar-refractivity contribution < 1.29 is 4.79 Å². The van der Waals surface area contributed by atoms with Crippen LogP contribution < -0.4 is 10.6 Å². The first-order chi connectivity index (χ1) is 13.3. The Morgan fingerprint density at radius 1 is 1.21 bits per heavy atom. The molecule has 3 aliphatic rings. The highest BCUT2D eigenvalue weighted by molar-refractivity contribution is 6.45. The Morgan fingerprint density at radius 2 is 1.86 bits per heavy atom. The predicted molar refractivity (Wildman–Crippen MR) is 112 cm³/mol. The maximum absolute atomic E-state index is 12.7. The maximum atomic E-state index is 12.7. The molecule has 1 aromatic carbocycles. The first-order valence-corrected chi connectivity index (χ1v) is 10.2. The van der Waals surface area contributed by atoms with E-state index in [1.54, 1.807) is 7.05 Å². The zero-order valence-electron chi connectivity index (χ0n) is 17.5. The lowest BCUT2D eigenvalue weighted by Crippen LogP contribution is -2.52. The van der Waals surface area contributed by atoms with Gasteiger partial charge in [0.25, 0.3) is 5.91 Å². The summed E-state index contributed by atoms with van der Waals surface area (Å²) in [6.07, 6.45) is 4.70. The molecule has 150 valence electrons. The van der Waals surface area contributed by atoms with Gasteiger partial charge in [-0.05, 0) is 39.2 Å². The summed E-state index contributed by atoms with van der Waals surface area (Å²) in [5.41, 5.74) is 3.40. The van der Waals surface area contributed by atoms with E-state index < -0.39 is 0 Å². The SMILES string of the molecule is CNC(=O)C1=N[C@@H](c2ccc(C)cc2)N(C)C2=C1NC(C)(C)N2C1CCCC1. The first-order valence-electron chi connectivity index (χ1n) is 10.2. The van der Waals surface area contributed by atoms with Crippen LogP contribution in [0.2, 0.25) is 0 Å². The van der Waals surface area contributed by atoms with E-state index in [9.17, 15) is 4.79 Å². The molecule has 0 saturated heterocycles. The van der Waals surface area contributed by atoms with Gasteiger partial charge in [-0.2, -0.15) is 0 Å². The molecule has 0 bridgehead atoms. The summed E-state index contributed by atoms with van der Waals surface area (Å²) in [5, 5.41) is 6.38. The minimum absolute atomic E-state index is 0.144. The maximum Gasteiger partial charge on any atom is 0.271 e. The first kappa shape index (κ1) is 18.8. The van der Waals surface area contributed by atoms with Crippen LogP contribution in [0.1, 0.15) is 56.8 Å². The molecule has 1 amide bonds. The molecule has 2 heterocycles. The molecule has 1 saturated carbocycles. The number of rotatable bonds is 3. The average molecular weight is 382 g/mol. The predicted octanol–water partition coefficient (Wildman–Crippen LogP) is 2.88. The summed E-state index contributed by atoms with van der Waals surface area (Å²) in [4.78, 5) is 22.3. The minimum atomic E-state index is -0.259. The van der Waals surface area contributed by atoms with E-state index in [4.69, 9.17) is 4.99 Å². The van der Waals surface area contributed by atoms with Crippen molar-refractivity contribution in [2.75, 3.05) is 14.1 Å². The second-order valence-electron chi connectivity index (χ2n) is 8.64. The van der Waals surface area contributed by atoms with E-state index >= 15 is 0 Å². The highest BCUT2D eigenvalue weighted by atomic mass is 16.1. The average Bonchev–Trinajstić information content (AvgIpc) is 3.27. The van der Waals surface area contributed by atoms with Gasteiger partial charge in [-0.25, -0.2) is 4.99 Å². The molecule has 0 radical (unpaired) electrons. The third-order valence-electron chi connectivity index (χ3n) is 6.18. The van der Waals surface area contributed by atoms with E-state index in [1.165, 1.54) is 31.2 Å². The van der Waals surface area contributed by atoms with Gasteiger partial charge in [0.2, 0.25) is 0 Å². The fraction of sp³-hybridized carbons (Fsp3) is 0.545. The number of nitrogens with zero attached hydrogens (tertiary/aromatic N) is 3. The van der Waals surface area contributed by atoms with Crippen LogP contribution in [0.25, 0.3) is 0 Å². The molecule has 28 heavy (non-hydrogen) atoms. The minimum Gasteiger partial charge on any atom is -0.358 e. The van der Waals surface area contributed by atoms with Crippen LogP contribution in [-0.4, -0.2) is 47.2 Å². The fourth-order valence-electron chi connectivity index (χ4n) is 4.83. The molecule has 1 aliphatic carbocycles. The molecular weight excluding hydrogens is 350 g/mol. The normalized spacial score (nSPS) is 24.2. The van der Waals surface area contributed by atoms with Crippen LogP contribution in [0.4, 0.5) is 0 Å². The van der Waals surface area contributed by atoms with Gasteiger partial charge < -0.3 is 20.4 Å². The number of aliphatic imine (C=N–C) groups is 1. The number of hydrogen-bond acceptors (Lipinski definition) is 5. The van der Waals surface area contributed by atoms with Gasteiger partial charge in [0, 0.05) is 20.1 Å². The molecular formula is C22H31N5O. The summed E-state index contributed by atoms with van der Waals surface area (Å²) in [7, 11) is 3.76. The molecule has 0 aromatic heterocycles. The molecule has 1 aromatic rings. The molecule has 2 N–H and O–H groups in total. The van der Waals surface area contributed by atoms with E-state index in [2.05, 4.69) is 72.5 Å². The number of amides is 1. The van der Waals surface area contributed by atoms with Crippen LogP contribution >= 0.6 is 0 Å². The summed E-state index contributed by atoms with van der Waals surface area (Å²) in [6.45, 7) is 6.47. The summed E-state index contributed by atoms with van der Waals surface area (Å²) >= 11 is 0. The van der Waals surface area contributed by atoms with Gasteiger partial charge in [0.1, 0.15) is 23.3 Å². The lowest BCUT2D eigenvalue weighted by atomic mass is 10.1. The van der Waals surface area contributed by atoms with Crippen molar-refractivity contribution >= 4 is 11.6 Å². The van der Waals surface area contributed by atoms with Crippen LogP contribution in [0.5, 0.6) is 0 Å². The highest BCUT2D eigenvalue weighted by Crippen LogP contribution is 2.43. The van der Waals surface area contributed by atoms with Crippen molar-refractivity contribution in [3.05, 3.63) is 46.9 Å². The number of hydrogen-bond donors (Lipinski definition) is 2. The Bertz CT molecular complexity index is 833. The van der Waals surface area contributed by atoms with Gasteiger partial charge in [-0.1, -0.05) is 42.7 Å². The molecule has 6 heteroatoms. The van der Waals surface area contributed by atoms with Gasteiger partial charge in [-0.3, -0.25) is 4.79 Å². The molecule has 1 atom stereocenters. The van der Waals surface area contributed by atoms with Gasteiger partial charge in [0.05, 0.1) is 0 Å². The summed E-state index contributed by atoms with van der Waals surface area (Å²) in [5.74, 6) is 0.949. The van der Waals surface area contributed by atoms with Crippen molar-refractivity contribution in [2.45, 2.75) is 64.3 Å². The summed E-state index contributed by atoms with van der Waals surface area (Å²) in [6, 6.07) is 8.92. The van der Waals surface area contributed by atoms with Gasteiger partial charge in [0.15, 0.2) is 5.71 Å². The molecule has 0 unspecified atom stereocenters. The standard InChI is InChI=1S/C22H31N5O/c1-14-10-12-15(13-11-14)19-24-17(20(28)23-4)18-21(26(19)5)27(22(2,3)25-18)16-8-6-7-9-16/h10-13,16,19,25H,6-9H2,1-5H3,(H,23,28)/t19-/m1/s1. The number of carbonyl (C=O) groups excluding carboxylic acids is 1. The van der Waals surface area contributed by atoms with Crippen molar-refractivity contribution in [2.24, 2.45) is 4.99 Å². The van der Waals surface area contributed by atoms with Crippen LogP contribution in [0, 0.1) is 6.92 Å². The van der Waals surface area contributed by atoms with Crippen LogP contribution in [-0.2, 0) is 4.79 Å². The van der Waals surface area contributed by atoms with Crippen molar-refractivity contribution in [1.29, 1.82) is 0 Å². The lowest BCUT2D eigenvalue weighted by Gasteiger charge is -2.44. The Balaban J connectivity index is 1.82. The monoisotopic (exact) mass is 381 g/mol. The van der Waals surface area contributed by atoms with Crippen LogP contribution in [0.15, 0.2) is 40.8 Å². The van der Waals surface area contributed by atoms with E-state index in [0.717, 1.165) is 17.1 Å². The summed E-state index contributed by atoms with van der Waals surface area (Å²) < 4.78 is 0. The molecule has 4 rings (SSSR count). The molecule has 0 spiro atoms. The number of carbonyl (C=O) groups is 1. The Morgan fingerprint density at radius 3 is 2.46 bits per heavy atom. The number of benzene rings is 1. The topological polar surface area (TPSA) is 60.0 Å².